The van der Waals surface area contributed by atoms with Crippen molar-refractivity contribution in [2.75, 3.05) is 17.7 Å². The fourth-order valence-corrected chi connectivity index (χ4v) is 5.11. The summed E-state index contributed by atoms with van der Waals surface area (Å²) in [5, 5.41) is 11.5. The molecule has 0 saturated heterocycles. The molecule has 3 rings (SSSR count). The number of amides is 1. The van der Waals surface area contributed by atoms with Gasteiger partial charge in [-0.15, -0.1) is 10.2 Å². The van der Waals surface area contributed by atoms with Crippen LogP contribution >= 0.6 is 11.8 Å². The smallest absolute Gasteiger partial charge is 0.234 e. The van der Waals surface area contributed by atoms with Gasteiger partial charge in [0.15, 0.2) is 15.0 Å². The molecule has 0 saturated carbocycles. The van der Waals surface area contributed by atoms with E-state index in [0.717, 1.165) is 5.56 Å². The molecule has 0 bridgehead atoms. The molecule has 2 aromatic carbocycles. The zero-order valence-corrected chi connectivity index (χ0v) is 19.9. The van der Waals surface area contributed by atoms with Gasteiger partial charge in [0.25, 0.3) is 0 Å². The maximum absolute atomic E-state index is 12.8. The van der Waals surface area contributed by atoms with Gasteiger partial charge < -0.3 is 14.6 Å². The number of nitrogens with zero attached hydrogens (tertiary/aromatic N) is 3. The van der Waals surface area contributed by atoms with Gasteiger partial charge in [-0.1, -0.05) is 41.6 Å². The summed E-state index contributed by atoms with van der Waals surface area (Å²) in [5.41, 5.74) is 1.59. The number of hydrogen-bond donors (Lipinski definition) is 1. The average molecular weight is 475 g/mol. The van der Waals surface area contributed by atoms with Gasteiger partial charge in [-0.25, -0.2) is 8.42 Å². The minimum absolute atomic E-state index is 0.101. The first-order valence-electron chi connectivity index (χ1n) is 10.2. The standard InChI is InChI=1S/C22H26N4O4S2/c1-4-26-20(15-32(28,29)17-12-10-16(3)11-13-17)24-25-22(26)31-14-21(27)23-18-8-6-7-9-19(18)30-5-2/h6-13H,4-5,14-15H2,1-3H3,(H,23,27). The van der Waals surface area contributed by atoms with Gasteiger partial charge in [-0.2, -0.15) is 0 Å². The van der Waals surface area contributed by atoms with Crippen molar-refractivity contribution in [3.8, 4) is 5.75 Å². The SMILES string of the molecule is CCOc1ccccc1NC(=O)CSc1nnc(CS(=O)(=O)c2ccc(C)cc2)n1CC. The van der Waals surface area contributed by atoms with Gasteiger partial charge >= 0.3 is 0 Å². The van der Waals surface area contributed by atoms with Gasteiger partial charge in [0.2, 0.25) is 5.91 Å². The summed E-state index contributed by atoms with van der Waals surface area (Å²) in [6.45, 7) is 6.65. The lowest BCUT2D eigenvalue weighted by Gasteiger charge is -2.11. The van der Waals surface area contributed by atoms with E-state index < -0.39 is 9.84 Å². The number of thioether (sulfide) groups is 1. The third-order valence-electron chi connectivity index (χ3n) is 4.60. The van der Waals surface area contributed by atoms with E-state index >= 15 is 0 Å². The van der Waals surface area contributed by atoms with Crippen LogP contribution in [0.3, 0.4) is 0 Å². The van der Waals surface area contributed by atoms with Crippen LogP contribution in [0.25, 0.3) is 0 Å². The predicted octanol–water partition coefficient (Wildman–Crippen LogP) is 3.71. The number of carbonyl (C=O) groups is 1. The first-order valence-corrected chi connectivity index (χ1v) is 12.8. The van der Waals surface area contributed by atoms with Crippen molar-refractivity contribution in [1.29, 1.82) is 0 Å². The molecule has 0 fully saturated rings. The summed E-state index contributed by atoms with van der Waals surface area (Å²) >= 11 is 1.20. The number of nitrogens with one attached hydrogen (secondary N) is 1. The Kier molecular flexibility index (Phi) is 7.92. The number of ether oxygens (including phenoxy) is 1. The maximum atomic E-state index is 12.8. The second-order valence-electron chi connectivity index (χ2n) is 6.98. The topological polar surface area (TPSA) is 103 Å². The molecule has 0 aliphatic heterocycles. The molecule has 0 aliphatic carbocycles. The molecule has 170 valence electrons. The average Bonchev–Trinajstić information content (AvgIpc) is 3.15. The van der Waals surface area contributed by atoms with Crippen molar-refractivity contribution in [2.24, 2.45) is 0 Å². The first kappa shape index (κ1) is 23.8. The number of anilines is 1. The molecule has 0 atom stereocenters. The van der Waals surface area contributed by atoms with Crippen LogP contribution in [0.4, 0.5) is 5.69 Å². The fourth-order valence-electron chi connectivity index (χ4n) is 3.02. The largest absolute Gasteiger partial charge is 0.492 e. The predicted molar refractivity (Wildman–Crippen MR) is 125 cm³/mol. The van der Waals surface area contributed by atoms with Crippen molar-refractivity contribution in [2.45, 2.75) is 43.1 Å². The van der Waals surface area contributed by atoms with E-state index in [0.29, 0.717) is 35.6 Å². The number of aryl methyl sites for hydroxylation is 1. The molecule has 8 nitrogen and oxygen atoms in total. The number of carbonyl (C=O) groups excluding carboxylic acids is 1. The molecule has 3 aromatic rings. The van der Waals surface area contributed by atoms with E-state index in [2.05, 4.69) is 15.5 Å². The molecule has 1 N–H and O–H groups in total. The molecule has 0 radical (unpaired) electrons. The van der Waals surface area contributed by atoms with Crippen LogP contribution in [0.5, 0.6) is 5.75 Å². The summed E-state index contributed by atoms with van der Waals surface area (Å²) in [7, 11) is -3.56. The third kappa shape index (κ3) is 5.89. The van der Waals surface area contributed by atoms with Crippen molar-refractivity contribution < 1.29 is 17.9 Å². The second kappa shape index (κ2) is 10.6. The van der Waals surface area contributed by atoms with Gasteiger partial charge in [0.1, 0.15) is 17.3 Å². The van der Waals surface area contributed by atoms with E-state index in [4.69, 9.17) is 4.74 Å². The summed E-state index contributed by atoms with van der Waals surface area (Å²) in [6, 6.07) is 13.9. The minimum atomic E-state index is -3.56. The van der Waals surface area contributed by atoms with Gasteiger partial charge in [-0.05, 0) is 45.0 Å². The Morgan fingerprint density at radius 3 is 2.50 bits per heavy atom. The number of sulfone groups is 1. The van der Waals surface area contributed by atoms with Crippen LogP contribution in [0.15, 0.2) is 58.6 Å². The molecule has 1 aromatic heterocycles. The lowest BCUT2D eigenvalue weighted by molar-refractivity contribution is -0.113. The Labute approximate surface area is 192 Å². The van der Waals surface area contributed by atoms with E-state index in [1.165, 1.54) is 11.8 Å². The zero-order chi connectivity index (χ0) is 23.1. The van der Waals surface area contributed by atoms with E-state index in [1.807, 2.05) is 32.9 Å². The normalized spacial score (nSPS) is 11.3. The Balaban J connectivity index is 1.67. The van der Waals surface area contributed by atoms with Gasteiger partial charge in [0, 0.05) is 6.54 Å². The summed E-state index contributed by atoms with van der Waals surface area (Å²) in [5.74, 6) is 0.572. The van der Waals surface area contributed by atoms with Gasteiger partial charge in [-0.3, -0.25) is 4.79 Å². The molecule has 0 aliphatic rings. The second-order valence-corrected chi connectivity index (χ2v) is 9.91. The molecule has 1 heterocycles. The summed E-state index contributed by atoms with van der Waals surface area (Å²) < 4.78 is 32.8. The first-order chi connectivity index (χ1) is 15.3. The number of benzene rings is 2. The molecule has 1 amide bonds. The van der Waals surface area contributed by atoms with Crippen molar-refractivity contribution in [3.63, 3.8) is 0 Å². The Morgan fingerprint density at radius 1 is 1.09 bits per heavy atom. The highest BCUT2D eigenvalue weighted by atomic mass is 32.2. The van der Waals surface area contributed by atoms with Gasteiger partial charge in [0.05, 0.1) is 22.9 Å². The molecule has 0 unspecified atom stereocenters. The quantitative estimate of drug-likeness (QED) is 0.447. The molecule has 32 heavy (non-hydrogen) atoms. The number of rotatable bonds is 10. The Bertz CT molecular complexity index is 1170. The molecule has 0 spiro atoms. The number of hydrogen-bond acceptors (Lipinski definition) is 7. The summed E-state index contributed by atoms with van der Waals surface area (Å²) in [6.07, 6.45) is 0. The lowest BCUT2D eigenvalue weighted by Crippen LogP contribution is -2.16. The van der Waals surface area contributed by atoms with Crippen LogP contribution in [0, 0.1) is 6.92 Å². The third-order valence-corrected chi connectivity index (χ3v) is 7.20. The maximum Gasteiger partial charge on any atom is 0.234 e. The molecular weight excluding hydrogens is 448 g/mol. The zero-order valence-electron chi connectivity index (χ0n) is 18.2. The van der Waals surface area contributed by atoms with E-state index in [1.54, 1.807) is 41.0 Å². The van der Waals surface area contributed by atoms with E-state index in [-0.39, 0.29) is 22.3 Å². The van der Waals surface area contributed by atoms with Crippen molar-refractivity contribution in [3.05, 3.63) is 59.9 Å². The minimum Gasteiger partial charge on any atom is -0.492 e. The van der Waals surface area contributed by atoms with Crippen LogP contribution < -0.4 is 10.1 Å². The Morgan fingerprint density at radius 2 is 1.81 bits per heavy atom. The molecular formula is C22H26N4O4S2. The van der Waals surface area contributed by atoms with E-state index in [9.17, 15) is 13.2 Å². The van der Waals surface area contributed by atoms with Crippen LogP contribution in [0.2, 0.25) is 0 Å². The number of aromatic nitrogens is 3. The van der Waals surface area contributed by atoms with Crippen LogP contribution in [-0.4, -0.2) is 41.4 Å². The highest BCUT2D eigenvalue weighted by Crippen LogP contribution is 2.25. The van der Waals surface area contributed by atoms with Crippen LogP contribution in [-0.2, 0) is 26.9 Å². The monoisotopic (exact) mass is 474 g/mol. The number of para-hydroxylation sites is 2. The summed E-state index contributed by atoms with van der Waals surface area (Å²) in [4.78, 5) is 12.7. The highest BCUT2D eigenvalue weighted by Gasteiger charge is 2.21. The Hall–Kier alpha value is -2.85. The van der Waals surface area contributed by atoms with Crippen molar-refractivity contribution >= 4 is 33.2 Å². The van der Waals surface area contributed by atoms with Crippen molar-refractivity contribution in [1.82, 2.24) is 14.8 Å². The van der Waals surface area contributed by atoms with Crippen LogP contribution in [0.1, 0.15) is 25.2 Å². The fraction of sp³-hybridized carbons (Fsp3) is 0.318. The lowest BCUT2D eigenvalue weighted by atomic mass is 10.2. The molecule has 10 heteroatoms. The highest BCUT2D eigenvalue weighted by molar-refractivity contribution is 7.99.